The smallest absolute Gasteiger partial charge is 0.404 e. The van der Waals surface area contributed by atoms with Gasteiger partial charge in [-0.1, -0.05) is 36.0 Å². The molecule has 1 aliphatic heterocycles. The van der Waals surface area contributed by atoms with E-state index >= 15 is 0 Å². The van der Waals surface area contributed by atoms with E-state index in [1.54, 1.807) is 0 Å². The molecule has 0 bridgehead atoms. The molecule has 2 aromatic rings. The quantitative estimate of drug-likeness (QED) is 0.498. The molecular weight excluding hydrogens is 480 g/mol. The van der Waals surface area contributed by atoms with Crippen molar-refractivity contribution in [3.05, 3.63) is 23.2 Å². The number of rotatable bonds is 6. The molecule has 0 spiro atoms. The first-order chi connectivity index (χ1) is 17.5. The second-order valence-corrected chi connectivity index (χ2v) is 10.9. The molecule has 2 heterocycles. The van der Waals surface area contributed by atoms with Crippen LogP contribution < -0.4 is 10.2 Å². The van der Waals surface area contributed by atoms with Crippen LogP contribution in [0.5, 0.6) is 0 Å². The van der Waals surface area contributed by atoms with Crippen molar-refractivity contribution in [3.8, 4) is 0 Å². The van der Waals surface area contributed by atoms with Crippen LogP contribution in [0, 0.1) is 5.92 Å². The van der Waals surface area contributed by atoms with E-state index in [1.165, 1.54) is 38.5 Å². The fourth-order valence-electron chi connectivity index (χ4n) is 5.75. The van der Waals surface area contributed by atoms with E-state index in [0.717, 1.165) is 75.2 Å². The number of hydrogen-bond acceptors (Lipinski definition) is 6. The van der Waals surface area contributed by atoms with E-state index in [2.05, 4.69) is 20.3 Å². The Morgan fingerprint density at radius 3 is 2.47 bits per heavy atom. The summed E-state index contributed by atoms with van der Waals surface area (Å²) >= 11 is 6.02. The van der Waals surface area contributed by atoms with Gasteiger partial charge in [-0.2, -0.15) is 0 Å². The van der Waals surface area contributed by atoms with Crippen molar-refractivity contribution >= 4 is 34.5 Å². The van der Waals surface area contributed by atoms with Crippen LogP contribution in [-0.2, 0) is 4.74 Å². The molecule has 1 aromatic heterocycles. The molecule has 0 unspecified atom stereocenters. The number of nitrogens with one attached hydrogen (secondary N) is 1. The minimum Gasteiger partial charge on any atom is -0.465 e. The summed E-state index contributed by atoms with van der Waals surface area (Å²) in [5.74, 6) is 1.63. The molecule has 0 radical (unpaired) electrons. The Labute approximate surface area is 219 Å². The van der Waals surface area contributed by atoms with Crippen LogP contribution in [-0.4, -0.2) is 73.2 Å². The van der Waals surface area contributed by atoms with Gasteiger partial charge in [0.2, 0.25) is 0 Å². The van der Waals surface area contributed by atoms with Crippen LogP contribution in [0.3, 0.4) is 0 Å². The molecule has 8 nitrogen and oxygen atoms in total. The van der Waals surface area contributed by atoms with Crippen molar-refractivity contribution < 1.29 is 19.2 Å². The highest BCUT2D eigenvalue weighted by molar-refractivity contribution is 6.31. The number of hydrogen-bond donors (Lipinski definition) is 2. The minimum absolute atomic E-state index is 0.143. The molecule has 1 amide bonds. The summed E-state index contributed by atoms with van der Waals surface area (Å²) < 4.78 is 10.6. The summed E-state index contributed by atoms with van der Waals surface area (Å²) in [5, 5.41) is 17.4. The minimum atomic E-state index is -0.899. The number of carboxylic acid groups (broad SMARTS) is 1. The highest BCUT2D eigenvalue weighted by Gasteiger charge is 2.25. The van der Waals surface area contributed by atoms with Gasteiger partial charge in [-0.15, -0.1) is 0 Å². The average molecular weight is 521 g/mol. The third-order valence-electron chi connectivity index (χ3n) is 8.00. The van der Waals surface area contributed by atoms with Crippen LogP contribution in [0.15, 0.2) is 22.7 Å². The highest BCUT2D eigenvalue weighted by atomic mass is 35.5. The Morgan fingerprint density at radius 2 is 1.83 bits per heavy atom. The summed E-state index contributed by atoms with van der Waals surface area (Å²) in [5.41, 5.74) is 0.734. The van der Waals surface area contributed by atoms with E-state index in [4.69, 9.17) is 26.0 Å². The van der Waals surface area contributed by atoms with Crippen molar-refractivity contribution in [2.75, 3.05) is 44.7 Å². The van der Waals surface area contributed by atoms with Crippen LogP contribution in [0.1, 0.15) is 64.2 Å². The lowest BCUT2D eigenvalue weighted by atomic mass is 9.84. The zero-order chi connectivity index (χ0) is 25.3. The SMILES string of the molecule is COC1CCCCC1.O=C(O)NC1CCC(CCN2CCN(c3noc4cc(Cl)ccc34)CC2)CC1. The second kappa shape index (κ2) is 13.5. The van der Waals surface area contributed by atoms with Gasteiger partial charge >= 0.3 is 6.09 Å². The summed E-state index contributed by atoms with van der Waals surface area (Å²) in [7, 11) is 1.82. The van der Waals surface area contributed by atoms with E-state index < -0.39 is 6.09 Å². The van der Waals surface area contributed by atoms with Gasteiger partial charge in [0.15, 0.2) is 11.4 Å². The third-order valence-corrected chi connectivity index (χ3v) is 8.24. The van der Waals surface area contributed by atoms with Gasteiger partial charge < -0.3 is 24.6 Å². The topological polar surface area (TPSA) is 91.1 Å². The molecule has 0 atom stereocenters. The van der Waals surface area contributed by atoms with E-state index in [-0.39, 0.29) is 6.04 Å². The van der Waals surface area contributed by atoms with Crippen molar-refractivity contribution in [2.24, 2.45) is 5.92 Å². The van der Waals surface area contributed by atoms with Gasteiger partial charge in [-0.25, -0.2) is 4.79 Å². The second-order valence-electron chi connectivity index (χ2n) is 10.4. The molecule has 1 aromatic carbocycles. The molecule has 2 N–H and O–H groups in total. The molecular formula is C27H41ClN4O4. The van der Waals surface area contributed by atoms with Gasteiger partial charge in [0.1, 0.15) is 0 Å². The predicted octanol–water partition coefficient (Wildman–Crippen LogP) is 5.79. The molecule has 9 heteroatoms. The zero-order valence-electron chi connectivity index (χ0n) is 21.5. The number of ether oxygens (including phenoxy) is 1. The first kappa shape index (κ1) is 27.0. The molecule has 1 saturated heterocycles. The van der Waals surface area contributed by atoms with E-state index in [9.17, 15) is 4.79 Å². The molecule has 2 aliphatic carbocycles. The fourth-order valence-corrected chi connectivity index (χ4v) is 5.91. The Bertz CT molecular complexity index is 948. The van der Waals surface area contributed by atoms with Crippen molar-refractivity contribution in [2.45, 2.75) is 76.4 Å². The molecule has 3 fully saturated rings. The lowest BCUT2D eigenvalue weighted by Crippen LogP contribution is -2.47. The third kappa shape index (κ3) is 7.73. The first-order valence-electron chi connectivity index (χ1n) is 13.6. The lowest BCUT2D eigenvalue weighted by Gasteiger charge is -2.36. The molecule has 200 valence electrons. The van der Waals surface area contributed by atoms with Crippen LogP contribution in [0.25, 0.3) is 11.0 Å². The zero-order valence-corrected chi connectivity index (χ0v) is 22.2. The standard InChI is InChI=1S/C20H27ClN4O3.C7H14O/c21-15-3-6-17-18(13-15)28-23-19(17)25-11-9-24(10-12-25)8-7-14-1-4-16(5-2-14)22-20(26)27;1-8-7-5-3-2-4-6-7/h3,6,13-14,16,22H,1-2,4-5,7-12H2,(H,26,27);7H,2-6H2,1H3. The van der Waals surface area contributed by atoms with Gasteiger partial charge in [-0.3, -0.25) is 4.90 Å². The van der Waals surface area contributed by atoms with Crippen molar-refractivity contribution in [3.63, 3.8) is 0 Å². The number of methoxy groups -OCH3 is 1. The summed E-state index contributed by atoms with van der Waals surface area (Å²) in [6.07, 6.45) is 11.8. The van der Waals surface area contributed by atoms with Crippen LogP contribution in [0.4, 0.5) is 10.6 Å². The number of amides is 1. The Morgan fingerprint density at radius 1 is 1.11 bits per heavy atom. The first-order valence-corrected chi connectivity index (χ1v) is 13.9. The van der Waals surface area contributed by atoms with Crippen molar-refractivity contribution in [1.82, 2.24) is 15.4 Å². The molecule has 3 aliphatic rings. The van der Waals surface area contributed by atoms with Gasteiger partial charge in [0.25, 0.3) is 0 Å². The summed E-state index contributed by atoms with van der Waals surface area (Å²) in [4.78, 5) is 15.6. The van der Waals surface area contributed by atoms with Gasteiger partial charge in [-0.05, 0) is 69.5 Å². The monoisotopic (exact) mass is 520 g/mol. The number of nitrogens with zero attached hydrogens (tertiary/aromatic N) is 3. The maximum absolute atomic E-state index is 10.7. The molecule has 2 saturated carbocycles. The Hall–Kier alpha value is -2.03. The van der Waals surface area contributed by atoms with Crippen LogP contribution >= 0.6 is 11.6 Å². The maximum atomic E-state index is 10.7. The average Bonchev–Trinajstić information content (AvgIpc) is 3.32. The number of fused-ring (bicyclic) bond motifs is 1. The largest absolute Gasteiger partial charge is 0.465 e. The summed E-state index contributed by atoms with van der Waals surface area (Å²) in [6, 6.07) is 5.81. The fraction of sp³-hybridized carbons (Fsp3) is 0.704. The van der Waals surface area contributed by atoms with E-state index in [1.807, 2.05) is 25.3 Å². The number of halogens is 1. The number of aromatic nitrogens is 1. The van der Waals surface area contributed by atoms with Crippen molar-refractivity contribution in [1.29, 1.82) is 0 Å². The lowest BCUT2D eigenvalue weighted by molar-refractivity contribution is 0.0710. The molecule has 36 heavy (non-hydrogen) atoms. The number of piperazine rings is 1. The van der Waals surface area contributed by atoms with Gasteiger partial charge in [0.05, 0.1) is 11.5 Å². The highest BCUT2D eigenvalue weighted by Crippen LogP contribution is 2.30. The van der Waals surface area contributed by atoms with Crippen LogP contribution in [0.2, 0.25) is 5.02 Å². The summed E-state index contributed by atoms with van der Waals surface area (Å²) in [6.45, 7) is 5.06. The number of anilines is 1. The molecule has 5 rings (SSSR count). The maximum Gasteiger partial charge on any atom is 0.404 e. The Balaban J connectivity index is 0.000000325. The Kier molecular flexibility index (Phi) is 10.1. The van der Waals surface area contributed by atoms with E-state index in [0.29, 0.717) is 17.0 Å². The normalized spacial score (nSPS) is 23.8. The van der Waals surface area contributed by atoms with Gasteiger partial charge in [0, 0.05) is 50.4 Å². The number of benzene rings is 1. The predicted molar refractivity (Wildman–Crippen MR) is 143 cm³/mol. The number of carbonyl (C=O) groups is 1.